The first-order valence-electron chi connectivity index (χ1n) is 6.27. The van der Waals surface area contributed by atoms with Gasteiger partial charge in [-0.15, -0.1) is 0 Å². The maximum absolute atomic E-state index is 11.6. The van der Waals surface area contributed by atoms with Gasteiger partial charge in [-0.3, -0.25) is 4.79 Å². The Balaban J connectivity index is 2.21. The van der Waals surface area contributed by atoms with Crippen molar-refractivity contribution in [2.24, 2.45) is 0 Å². The minimum atomic E-state index is -1.14. The second kappa shape index (κ2) is 6.02. The number of carbonyl (C=O) groups is 2. The van der Waals surface area contributed by atoms with E-state index in [1.807, 2.05) is 49.4 Å². The Hall–Kier alpha value is -2.62. The summed E-state index contributed by atoms with van der Waals surface area (Å²) in [6.07, 6.45) is 1.84. The van der Waals surface area contributed by atoms with Crippen molar-refractivity contribution in [1.29, 1.82) is 0 Å². The van der Waals surface area contributed by atoms with Gasteiger partial charge < -0.3 is 10.4 Å². The molecule has 0 spiro atoms. The van der Waals surface area contributed by atoms with Crippen LogP contribution in [0.4, 0.5) is 0 Å². The van der Waals surface area contributed by atoms with Gasteiger partial charge in [0.1, 0.15) is 0 Å². The summed E-state index contributed by atoms with van der Waals surface area (Å²) >= 11 is 0. The van der Waals surface area contributed by atoms with Crippen LogP contribution in [0.1, 0.15) is 18.5 Å². The van der Waals surface area contributed by atoms with Crippen LogP contribution in [0, 0.1) is 0 Å². The Bertz CT molecular complexity index is 671. The van der Waals surface area contributed by atoms with E-state index in [0.717, 1.165) is 28.5 Å². The molecule has 0 aliphatic heterocycles. The molecule has 0 unspecified atom stereocenters. The first-order chi connectivity index (χ1) is 9.58. The molecule has 20 heavy (non-hydrogen) atoms. The molecule has 2 N–H and O–H groups in total. The highest BCUT2D eigenvalue weighted by molar-refractivity contribution is 5.94. The molecule has 2 rings (SSSR count). The van der Waals surface area contributed by atoms with E-state index in [2.05, 4.69) is 5.32 Å². The molecule has 0 aliphatic rings. The summed E-state index contributed by atoms with van der Waals surface area (Å²) in [5, 5.41) is 13.4. The quantitative estimate of drug-likeness (QED) is 0.838. The van der Waals surface area contributed by atoms with E-state index in [1.54, 1.807) is 0 Å². The second-order valence-corrected chi connectivity index (χ2v) is 4.47. The van der Waals surface area contributed by atoms with Crippen LogP contribution >= 0.6 is 0 Å². The molecular weight excluding hydrogens is 254 g/mol. The van der Waals surface area contributed by atoms with Crippen LogP contribution in [0.5, 0.6) is 0 Å². The molecule has 2 aromatic carbocycles. The van der Waals surface area contributed by atoms with Crippen molar-refractivity contribution in [2.45, 2.75) is 13.0 Å². The summed E-state index contributed by atoms with van der Waals surface area (Å²) in [6.45, 7) is 1.87. The summed E-state index contributed by atoms with van der Waals surface area (Å²) in [6, 6.07) is 13.6. The fourth-order valence-corrected chi connectivity index (χ4v) is 2.11. The van der Waals surface area contributed by atoms with Crippen LogP contribution in [-0.4, -0.2) is 17.0 Å². The molecule has 0 bridgehead atoms. The van der Waals surface area contributed by atoms with Gasteiger partial charge in [0.05, 0.1) is 6.04 Å². The van der Waals surface area contributed by atoms with Crippen LogP contribution < -0.4 is 5.32 Å². The number of hydrogen-bond acceptors (Lipinski definition) is 2. The van der Waals surface area contributed by atoms with E-state index in [1.165, 1.54) is 0 Å². The summed E-state index contributed by atoms with van der Waals surface area (Å²) in [5.41, 5.74) is 1.00. The number of nitrogens with one attached hydrogen (secondary N) is 1. The molecule has 0 aromatic heterocycles. The highest BCUT2D eigenvalue weighted by Gasteiger charge is 2.10. The molecule has 0 fully saturated rings. The number of fused-ring (bicyclic) bond motifs is 1. The molecule has 0 saturated carbocycles. The standard InChI is InChI=1S/C16H15NO3/c1-11(17-15(18)9-10-16(19)20)13-8-4-6-12-5-2-3-7-14(12)13/h2-11H,1H3,(H,17,18)(H,19,20)/b10-9-/t11-/m1/s1. The highest BCUT2D eigenvalue weighted by atomic mass is 16.4. The highest BCUT2D eigenvalue weighted by Crippen LogP contribution is 2.23. The van der Waals surface area contributed by atoms with Gasteiger partial charge >= 0.3 is 5.97 Å². The van der Waals surface area contributed by atoms with Crippen molar-refractivity contribution in [3.63, 3.8) is 0 Å². The summed E-state index contributed by atoms with van der Waals surface area (Å²) in [4.78, 5) is 22.0. The van der Waals surface area contributed by atoms with Gasteiger partial charge in [-0.2, -0.15) is 0 Å². The fourth-order valence-electron chi connectivity index (χ4n) is 2.11. The number of carboxylic acid groups (broad SMARTS) is 1. The van der Waals surface area contributed by atoms with Gasteiger partial charge in [0.25, 0.3) is 0 Å². The Kier molecular flexibility index (Phi) is 4.15. The third-order valence-corrected chi connectivity index (χ3v) is 3.03. The number of carboxylic acids is 1. The van der Waals surface area contributed by atoms with Gasteiger partial charge in [-0.1, -0.05) is 42.5 Å². The molecule has 4 heteroatoms. The predicted octanol–water partition coefficient (Wildman–Crippen LogP) is 2.66. The molecule has 2 aromatic rings. The van der Waals surface area contributed by atoms with Crippen LogP contribution in [0.15, 0.2) is 54.6 Å². The van der Waals surface area contributed by atoms with Crippen LogP contribution in [-0.2, 0) is 9.59 Å². The SMILES string of the molecule is C[C@@H](NC(=O)/C=C\C(=O)O)c1cccc2ccccc12. The normalized spacial score (nSPS) is 12.4. The maximum atomic E-state index is 11.6. The maximum Gasteiger partial charge on any atom is 0.328 e. The van der Waals surface area contributed by atoms with Crippen molar-refractivity contribution in [1.82, 2.24) is 5.32 Å². The van der Waals surface area contributed by atoms with E-state index in [0.29, 0.717) is 0 Å². The van der Waals surface area contributed by atoms with Crippen molar-refractivity contribution >= 4 is 22.6 Å². The molecule has 0 saturated heterocycles. The minimum Gasteiger partial charge on any atom is -0.478 e. The van der Waals surface area contributed by atoms with Crippen LogP contribution in [0.25, 0.3) is 10.8 Å². The molecule has 0 heterocycles. The molecule has 1 atom stereocenters. The third-order valence-electron chi connectivity index (χ3n) is 3.03. The van der Waals surface area contributed by atoms with E-state index in [9.17, 15) is 9.59 Å². The van der Waals surface area contributed by atoms with Crippen molar-refractivity contribution in [3.05, 3.63) is 60.2 Å². The second-order valence-electron chi connectivity index (χ2n) is 4.47. The van der Waals surface area contributed by atoms with Crippen molar-refractivity contribution in [3.8, 4) is 0 Å². The van der Waals surface area contributed by atoms with Gasteiger partial charge in [0, 0.05) is 12.2 Å². The van der Waals surface area contributed by atoms with Crippen molar-refractivity contribution < 1.29 is 14.7 Å². The van der Waals surface area contributed by atoms with Crippen LogP contribution in [0.3, 0.4) is 0 Å². The van der Waals surface area contributed by atoms with Gasteiger partial charge in [-0.05, 0) is 23.3 Å². The van der Waals surface area contributed by atoms with Gasteiger partial charge in [-0.25, -0.2) is 4.79 Å². The summed E-state index contributed by atoms with van der Waals surface area (Å²) in [5.74, 6) is -1.56. The van der Waals surface area contributed by atoms with E-state index >= 15 is 0 Å². The lowest BCUT2D eigenvalue weighted by Crippen LogP contribution is -2.25. The third kappa shape index (κ3) is 3.23. The number of carbonyl (C=O) groups excluding carboxylic acids is 1. The zero-order valence-corrected chi connectivity index (χ0v) is 11.0. The lowest BCUT2D eigenvalue weighted by Gasteiger charge is -2.15. The van der Waals surface area contributed by atoms with Crippen molar-refractivity contribution in [2.75, 3.05) is 0 Å². The summed E-state index contributed by atoms with van der Waals surface area (Å²) in [7, 11) is 0. The number of amides is 1. The molecule has 4 nitrogen and oxygen atoms in total. The minimum absolute atomic E-state index is 0.202. The Morgan fingerprint density at radius 2 is 1.80 bits per heavy atom. The number of benzene rings is 2. The molecule has 102 valence electrons. The Labute approximate surface area is 116 Å². The Morgan fingerprint density at radius 3 is 2.55 bits per heavy atom. The topological polar surface area (TPSA) is 66.4 Å². The number of rotatable bonds is 4. The van der Waals surface area contributed by atoms with Gasteiger partial charge in [0.15, 0.2) is 0 Å². The van der Waals surface area contributed by atoms with Gasteiger partial charge in [0.2, 0.25) is 5.91 Å². The predicted molar refractivity (Wildman–Crippen MR) is 77.3 cm³/mol. The largest absolute Gasteiger partial charge is 0.478 e. The van der Waals surface area contributed by atoms with E-state index < -0.39 is 11.9 Å². The molecule has 1 amide bonds. The zero-order chi connectivity index (χ0) is 14.5. The first-order valence-corrected chi connectivity index (χ1v) is 6.27. The summed E-state index contributed by atoms with van der Waals surface area (Å²) < 4.78 is 0. The fraction of sp³-hybridized carbons (Fsp3) is 0.125. The first kappa shape index (κ1) is 13.8. The molecular formula is C16H15NO3. The average molecular weight is 269 g/mol. The Morgan fingerprint density at radius 1 is 1.10 bits per heavy atom. The average Bonchev–Trinajstić information content (AvgIpc) is 2.44. The van der Waals surface area contributed by atoms with Crippen LogP contribution in [0.2, 0.25) is 0 Å². The lowest BCUT2D eigenvalue weighted by atomic mass is 10.00. The molecule has 0 radical (unpaired) electrons. The lowest BCUT2D eigenvalue weighted by molar-refractivity contribution is -0.131. The van der Waals surface area contributed by atoms with E-state index in [-0.39, 0.29) is 6.04 Å². The van der Waals surface area contributed by atoms with E-state index in [4.69, 9.17) is 5.11 Å². The monoisotopic (exact) mass is 269 g/mol. The number of hydrogen-bond donors (Lipinski definition) is 2. The molecule has 0 aliphatic carbocycles. The number of aliphatic carboxylic acids is 1. The zero-order valence-electron chi connectivity index (χ0n) is 11.0. The smallest absolute Gasteiger partial charge is 0.328 e.